The van der Waals surface area contributed by atoms with Gasteiger partial charge in [-0.2, -0.15) is 0 Å². The molecule has 3 aliphatic rings. The van der Waals surface area contributed by atoms with Crippen LogP contribution in [0.15, 0.2) is 77.3 Å². The molecule has 3 aromatic carbocycles. The van der Waals surface area contributed by atoms with Gasteiger partial charge < -0.3 is 4.74 Å². The van der Waals surface area contributed by atoms with Crippen LogP contribution in [0.1, 0.15) is 44.9 Å². The first-order chi connectivity index (χ1) is 16.9. The molecule has 0 aromatic heterocycles. The summed E-state index contributed by atoms with van der Waals surface area (Å²) < 4.78 is 7.06. The fraction of sp³-hybridized carbons (Fsp3) is 0.214. The average Bonchev–Trinajstić information content (AvgIpc) is 3.44. The van der Waals surface area contributed by atoms with Crippen molar-refractivity contribution in [2.45, 2.75) is 25.0 Å². The van der Waals surface area contributed by atoms with E-state index in [1.807, 2.05) is 25.1 Å². The molecule has 7 heteroatoms. The molecule has 0 bridgehead atoms. The fourth-order valence-electron chi connectivity index (χ4n) is 5.64. The Labute approximate surface area is 210 Å². The minimum absolute atomic E-state index is 0.220. The highest BCUT2D eigenvalue weighted by atomic mass is 79.9. The van der Waals surface area contributed by atoms with Gasteiger partial charge in [0, 0.05) is 15.6 Å². The number of Topliss-reactive ketones (excluding diaryl/α,β-unsaturated/α-hetero) is 2. The van der Waals surface area contributed by atoms with Gasteiger partial charge in [0.25, 0.3) is 0 Å². The zero-order valence-corrected chi connectivity index (χ0v) is 20.3. The number of ether oxygens (including phenoxy) is 1. The molecule has 1 aliphatic carbocycles. The molecule has 35 heavy (non-hydrogen) atoms. The molecule has 6 nitrogen and oxygen atoms in total. The maximum atomic E-state index is 13.9. The van der Waals surface area contributed by atoms with Crippen LogP contribution < -0.4 is 4.90 Å². The van der Waals surface area contributed by atoms with Crippen molar-refractivity contribution >= 4 is 45.0 Å². The van der Waals surface area contributed by atoms with E-state index in [1.165, 1.54) is 0 Å². The number of halogens is 1. The van der Waals surface area contributed by atoms with Crippen molar-refractivity contribution < 1.29 is 23.9 Å². The summed E-state index contributed by atoms with van der Waals surface area (Å²) in [6, 6.07) is 20.8. The molecule has 2 amide bonds. The van der Waals surface area contributed by atoms with Crippen LogP contribution in [0.25, 0.3) is 0 Å². The lowest BCUT2D eigenvalue weighted by Gasteiger charge is -2.27. The summed E-state index contributed by atoms with van der Waals surface area (Å²) in [7, 11) is 0. The quantitative estimate of drug-likeness (QED) is 0.362. The Bertz CT molecular complexity index is 1390. The lowest BCUT2D eigenvalue weighted by Crippen LogP contribution is -2.51. The van der Waals surface area contributed by atoms with Gasteiger partial charge in [-0.1, -0.05) is 71.4 Å². The third-order valence-corrected chi connectivity index (χ3v) is 7.79. The van der Waals surface area contributed by atoms with E-state index in [1.54, 1.807) is 54.6 Å². The number of aryl methyl sites for hydroxylation is 1. The van der Waals surface area contributed by atoms with Gasteiger partial charge in [0.05, 0.1) is 23.6 Å². The molecule has 2 heterocycles. The van der Waals surface area contributed by atoms with E-state index in [0.29, 0.717) is 11.3 Å². The monoisotopic (exact) mass is 529 g/mol. The van der Waals surface area contributed by atoms with E-state index in [0.717, 1.165) is 21.4 Å². The van der Waals surface area contributed by atoms with E-state index >= 15 is 0 Å². The first-order valence-corrected chi connectivity index (χ1v) is 12.3. The number of ketones is 2. The van der Waals surface area contributed by atoms with Crippen molar-refractivity contribution in [1.29, 1.82) is 0 Å². The van der Waals surface area contributed by atoms with Gasteiger partial charge in [-0.3, -0.25) is 19.2 Å². The number of rotatable bonds is 3. The van der Waals surface area contributed by atoms with E-state index in [4.69, 9.17) is 4.74 Å². The van der Waals surface area contributed by atoms with Crippen molar-refractivity contribution in [3.8, 4) is 0 Å². The Morgan fingerprint density at radius 2 is 1.51 bits per heavy atom. The standard InChI is InChI=1S/C28H20BrNO5/c1-2-15-10-12-18(13-11-15)30-26(33)21-22(27(30)34)28(35-23(21)16-6-5-7-17(29)14-16)24(31)19-8-3-4-9-20(19)25(28)32/h3-14,21-23H,2H2,1H3/t21-,22+,23-/m1/s1. The van der Waals surface area contributed by atoms with Gasteiger partial charge in [-0.15, -0.1) is 0 Å². The number of nitrogens with zero attached hydrogens (tertiary/aromatic N) is 1. The SMILES string of the molecule is CCc1ccc(N2C(=O)[C@H]3[C@@H](c4cccc(Br)c4)OC4(C(=O)c5ccccc5C4=O)[C@@H]3C2=O)cc1. The summed E-state index contributed by atoms with van der Waals surface area (Å²) in [5, 5.41) is 0. The number of anilines is 1. The van der Waals surface area contributed by atoms with Crippen LogP contribution in [0.2, 0.25) is 0 Å². The molecule has 3 atom stereocenters. The summed E-state index contributed by atoms with van der Waals surface area (Å²) in [5.41, 5.74) is 0.481. The van der Waals surface area contributed by atoms with Crippen LogP contribution in [0.4, 0.5) is 5.69 Å². The fourth-order valence-corrected chi connectivity index (χ4v) is 6.05. The third-order valence-electron chi connectivity index (χ3n) is 7.30. The average molecular weight is 530 g/mol. The van der Waals surface area contributed by atoms with Crippen molar-refractivity contribution in [2.24, 2.45) is 11.8 Å². The summed E-state index contributed by atoms with van der Waals surface area (Å²) >= 11 is 3.44. The van der Waals surface area contributed by atoms with Crippen molar-refractivity contribution in [3.63, 3.8) is 0 Å². The first-order valence-electron chi connectivity index (χ1n) is 11.5. The molecule has 174 valence electrons. The number of carbonyl (C=O) groups excluding carboxylic acids is 4. The molecule has 0 saturated carbocycles. The molecule has 2 fully saturated rings. The second-order valence-corrected chi connectivity index (χ2v) is 9.98. The predicted molar refractivity (Wildman–Crippen MR) is 131 cm³/mol. The second-order valence-electron chi connectivity index (χ2n) is 9.07. The van der Waals surface area contributed by atoms with Crippen LogP contribution in [0.3, 0.4) is 0 Å². The summed E-state index contributed by atoms with van der Waals surface area (Å²) in [6.07, 6.45) is -0.118. The number of carbonyl (C=O) groups is 4. The zero-order chi connectivity index (χ0) is 24.5. The maximum absolute atomic E-state index is 13.9. The Kier molecular flexibility index (Phi) is 4.92. The van der Waals surface area contributed by atoms with E-state index in [2.05, 4.69) is 15.9 Å². The Hall–Kier alpha value is -3.42. The number of hydrogen-bond donors (Lipinski definition) is 0. The van der Waals surface area contributed by atoms with E-state index in [-0.39, 0.29) is 11.1 Å². The molecule has 6 rings (SSSR count). The number of imide groups is 1. The topological polar surface area (TPSA) is 80.8 Å². The largest absolute Gasteiger partial charge is 0.349 e. The molecular weight excluding hydrogens is 510 g/mol. The highest BCUT2D eigenvalue weighted by Gasteiger charge is 2.74. The molecular formula is C28H20BrNO5. The summed E-state index contributed by atoms with van der Waals surface area (Å²) in [6.45, 7) is 2.02. The van der Waals surface area contributed by atoms with Gasteiger partial charge in [-0.05, 0) is 41.8 Å². The van der Waals surface area contributed by atoms with Crippen LogP contribution in [-0.4, -0.2) is 29.0 Å². The van der Waals surface area contributed by atoms with Crippen molar-refractivity contribution in [1.82, 2.24) is 0 Å². The first kappa shape index (κ1) is 22.1. The molecule has 0 unspecified atom stereocenters. The van der Waals surface area contributed by atoms with E-state index in [9.17, 15) is 19.2 Å². The minimum Gasteiger partial charge on any atom is -0.349 e. The highest BCUT2D eigenvalue weighted by molar-refractivity contribution is 9.10. The Balaban J connectivity index is 1.53. The second kappa shape index (κ2) is 7.80. The number of amides is 2. The third kappa shape index (κ3) is 2.91. The molecule has 0 radical (unpaired) electrons. The highest BCUT2D eigenvalue weighted by Crippen LogP contribution is 2.57. The number of fused-ring (bicyclic) bond motifs is 3. The molecule has 1 spiro atoms. The summed E-state index contributed by atoms with van der Waals surface area (Å²) in [5.74, 6) is -4.44. The normalized spacial score (nSPS) is 24.4. The maximum Gasteiger partial charge on any atom is 0.241 e. The van der Waals surface area contributed by atoms with Gasteiger partial charge in [-0.25, -0.2) is 4.90 Å². The minimum atomic E-state index is -2.06. The van der Waals surface area contributed by atoms with Crippen molar-refractivity contribution in [2.75, 3.05) is 4.90 Å². The van der Waals surface area contributed by atoms with Crippen LogP contribution >= 0.6 is 15.9 Å². The summed E-state index contributed by atoms with van der Waals surface area (Å²) in [4.78, 5) is 56.4. The van der Waals surface area contributed by atoms with Gasteiger partial charge in [0.2, 0.25) is 29.0 Å². The Morgan fingerprint density at radius 1 is 0.857 bits per heavy atom. The molecule has 0 N–H and O–H groups in total. The smallest absolute Gasteiger partial charge is 0.241 e. The Morgan fingerprint density at radius 3 is 2.11 bits per heavy atom. The van der Waals surface area contributed by atoms with Gasteiger partial charge >= 0.3 is 0 Å². The number of hydrogen-bond acceptors (Lipinski definition) is 5. The van der Waals surface area contributed by atoms with Crippen LogP contribution in [0, 0.1) is 11.8 Å². The number of benzene rings is 3. The van der Waals surface area contributed by atoms with Gasteiger partial charge in [0.15, 0.2) is 0 Å². The molecule has 2 saturated heterocycles. The van der Waals surface area contributed by atoms with E-state index < -0.39 is 46.9 Å². The predicted octanol–water partition coefficient (Wildman–Crippen LogP) is 4.71. The lowest BCUT2D eigenvalue weighted by atomic mass is 9.77. The zero-order valence-electron chi connectivity index (χ0n) is 18.7. The molecule has 2 aliphatic heterocycles. The van der Waals surface area contributed by atoms with Crippen molar-refractivity contribution in [3.05, 3.63) is 99.5 Å². The lowest BCUT2D eigenvalue weighted by molar-refractivity contribution is -0.127. The van der Waals surface area contributed by atoms with Gasteiger partial charge in [0.1, 0.15) is 0 Å². The van der Waals surface area contributed by atoms with Crippen LogP contribution in [-0.2, 0) is 20.7 Å². The molecule has 3 aromatic rings. The van der Waals surface area contributed by atoms with Crippen LogP contribution in [0.5, 0.6) is 0 Å².